The number of nitrogens with zero attached hydrogens (tertiary/aromatic N) is 2. The van der Waals surface area contributed by atoms with Crippen molar-refractivity contribution in [2.24, 2.45) is 0 Å². The van der Waals surface area contributed by atoms with Gasteiger partial charge in [0.25, 0.3) is 0 Å². The molecule has 0 radical (unpaired) electrons. The zero-order valence-corrected chi connectivity index (χ0v) is 12.4. The molecule has 2 N–H and O–H groups in total. The molecule has 18 heavy (non-hydrogen) atoms. The van der Waals surface area contributed by atoms with Crippen molar-refractivity contribution in [3.05, 3.63) is 22.3 Å². The molecule has 0 unspecified atom stereocenters. The van der Waals surface area contributed by atoms with Gasteiger partial charge in [-0.3, -0.25) is 0 Å². The molecule has 0 spiro atoms. The lowest BCUT2D eigenvalue weighted by molar-refractivity contribution is 0.610. The summed E-state index contributed by atoms with van der Waals surface area (Å²) in [6, 6.07) is 2.23. The number of thiazole rings is 1. The molecule has 0 aliphatic carbocycles. The monoisotopic (exact) mass is 263 g/mol. The van der Waals surface area contributed by atoms with Crippen LogP contribution in [0.3, 0.4) is 0 Å². The van der Waals surface area contributed by atoms with E-state index in [1.807, 2.05) is 0 Å². The van der Waals surface area contributed by atoms with Gasteiger partial charge >= 0.3 is 0 Å². The second-order valence-corrected chi connectivity index (χ2v) is 5.98. The summed E-state index contributed by atoms with van der Waals surface area (Å²) in [4.78, 5) is 5.66. The molecule has 0 aliphatic heterocycles. The average molecular weight is 263 g/mol. The molecule has 0 aliphatic rings. The van der Waals surface area contributed by atoms with Crippen LogP contribution in [0.15, 0.2) is 6.07 Å². The van der Waals surface area contributed by atoms with E-state index in [4.69, 9.17) is 5.73 Å². The molecule has 0 saturated heterocycles. The number of hydrogen-bond acceptors (Lipinski definition) is 3. The second-order valence-electron chi connectivity index (χ2n) is 4.75. The number of nitrogen functional groups attached to an aromatic ring is 1. The Balaban J connectivity index is 2.43. The Labute approximate surface area is 113 Å². The molecule has 0 amide bonds. The molecule has 0 saturated carbocycles. The minimum atomic E-state index is 0.654. The highest BCUT2D eigenvalue weighted by molar-refractivity contribution is 7.15. The van der Waals surface area contributed by atoms with E-state index < -0.39 is 0 Å². The van der Waals surface area contributed by atoms with Gasteiger partial charge in [-0.15, -0.1) is 11.3 Å². The molecule has 3 nitrogen and oxygen atoms in total. The van der Waals surface area contributed by atoms with E-state index in [9.17, 15) is 0 Å². The number of aryl methyl sites for hydroxylation is 2. The maximum absolute atomic E-state index is 5.79. The fourth-order valence-electron chi connectivity index (χ4n) is 2.37. The molecule has 2 aromatic rings. The molecular weight excluding hydrogens is 242 g/mol. The normalized spacial score (nSPS) is 11.1. The van der Waals surface area contributed by atoms with Crippen molar-refractivity contribution >= 4 is 16.5 Å². The SMILES string of the molecule is CCCCn1c(C)cc(-c2nc(N)sc2C)c1C. The van der Waals surface area contributed by atoms with Crippen LogP contribution < -0.4 is 5.73 Å². The lowest BCUT2D eigenvalue weighted by Crippen LogP contribution is -2.02. The Kier molecular flexibility index (Phi) is 3.76. The summed E-state index contributed by atoms with van der Waals surface area (Å²) >= 11 is 1.56. The molecular formula is C14H21N3S. The van der Waals surface area contributed by atoms with Crippen LogP contribution in [0, 0.1) is 20.8 Å². The summed E-state index contributed by atoms with van der Waals surface area (Å²) in [5, 5.41) is 0.654. The van der Waals surface area contributed by atoms with Crippen LogP contribution in [-0.4, -0.2) is 9.55 Å². The third kappa shape index (κ3) is 2.29. The Morgan fingerprint density at radius 1 is 1.33 bits per heavy atom. The highest BCUT2D eigenvalue weighted by Gasteiger charge is 2.15. The minimum absolute atomic E-state index is 0.654. The van der Waals surface area contributed by atoms with Crippen molar-refractivity contribution in [1.29, 1.82) is 0 Å². The Morgan fingerprint density at radius 2 is 2.06 bits per heavy atom. The van der Waals surface area contributed by atoms with Crippen LogP contribution >= 0.6 is 11.3 Å². The fraction of sp³-hybridized carbons (Fsp3) is 0.500. The van der Waals surface area contributed by atoms with E-state index in [2.05, 4.69) is 43.3 Å². The molecule has 98 valence electrons. The maximum Gasteiger partial charge on any atom is 0.180 e. The van der Waals surface area contributed by atoms with Gasteiger partial charge in [0.15, 0.2) is 5.13 Å². The molecule has 0 aromatic carbocycles. The van der Waals surface area contributed by atoms with Gasteiger partial charge < -0.3 is 10.3 Å². The molecule has 0 bridgehead atoms. The molecule has 4 heteroatoms. The van der Waals surface area contributed by atoms with E-state index in [1.54, 1.807) is 11.3 Å². The zero-order chi connectivity index (χ0) is 13.3. The van der Waals surface area contributed by atoms with Gasteiger partial charge in [-0.25, -0.2) is 4.98 Å². The van der Waals surface area contributed by atoms with Crippen molar-refractivity contribution in [2.75, 3.05) is 5.73 Å². The van der Waals surface area contributed by atoms with Crippen LogP contribution in [0.1, 0.15) is 36.0 Å². The highest BCUT2D eigenvalue weighted by atomic mass is 32.1. The van der Waals surface area contributed by atoms with Crippen LogP contribution in [0.2, 0.25) is 0 Å². The first kappa shape index (κ1) is 13.1. The molecule has 2 aromatic heterocycles. The summed E-state index contributed by atoms with van der Waals surface area (Å²) in [5.74, 6) is 0. The van der Waals surface area contributed by atoms with E-state index >= 15 is 0 Å². The number of anilines is 1. The predicted octanol–water partition coefficient (Wildman–Crippen LogP) is 3.92. The van der Waals surface area contributed by atoms with Gasteiger partial charge in [0.05, 0.1) is 5.69 Å². The van der Waals surface area contributed by atoms with Crippen molar-refractivity contribution in [3.8, 4) is 11.3 Å². The standard InChI is InChI=1S/C14H21N3S/c1-5-6-7-17-9(2)8-12(10(17)3)13-11(4)18-14(15)16-13/h8H,5-7H2,1-4H3,(H2,15,16). The summed E-state index contributed by atoms with van der Waals surface area (Å²) in [6.45, 7) is 9.74. The van der Waals surface area contributed by atoms with Crippen molar-refractivity contribution < 1.29 is 0 Å². The van der Waals surface area contributed by atoms with Gasteiger partial charge in [0.1, 0.15) is 0 Å². The third-order valence-corrected chi connectivity index (χ3v) is 4.18. The average Bonchev–Trinajstić information content (AvgIpc) is 2.78. The van der Waals surface area contributed by atoms with E-state index in [0.29, 0.717) is 5.13 Å². The van der Waals surface area contributed by atoms with Crippen molar-refractivity contribution in [1.82, 2.24) is 9.55 Å². The van der Waals surface area contributed by atoms with Gasteiger partial charge in [-0.1, -0.05) is 13.3 Å². The summed E-state index contributed by atoms with van der Waals surface area (Å²) < 4.78 is 2.38. The van der Waals surface area contributed by atoms with Gasteiger partial charge in [-0.2, -0.15) is 0 Å². The minimum Gasteiger partial charge on any atom is -0.375 e. The third-order valence-electron chi connectivity index (χ3n) is 3.38. The smallest absolute Gasteiger partial charge is 0.180 e. The Morgan fingerprint density at radius 3 is 2.61 bits per heavy atom. The van der Waals surface area contributed by atoms with Gasteiger partial charge in [-0.05, 0) is 33.3 Å². The van der Waals surface area contributed by atoms with Gasteiger partial charge in [0, 0.05) is 28.4 Å². The lowest BCUT2D eigenvalue weighted by atomic mass is 10.1. The molecule has 0 atom stereocenters. The van der Waals surface area contributed by atoms with E-state index in [-0.39, 0.29) is 0 Å². The zero-order valence-electron chi connectivity index (χ0n) is 11.6. The number of rotatable bonds is 4. The van der Waals surface area contributed by atoms with Crippen molar-refractivity contribution in [3.63, 3.8) is 0 Å². The number of unbranched alkanes of at least 4 members (excludes halogenated alkanes) is 1. The number of hydrogen-bond donors (Lipinski definition) is 1. The first-order valence-electron chi connectivity index (χ1n) is 6.44. The Hall–Kier alpha value is -1.29. The summed E-state index contributed by atoms with van der Waals surface area (Å²) in [5.41, 5.74) is 10.7. The molecule has 0 fully saturated rings. The van der Waals surface area contributed by atoms with Crippen molar-refractivity contribution in [2.45, 2.75) is 47.1 Å². The van der Waals surface area contributed by atoms with Crippen LogP contribution in [-0.2, 0) is 6.54 Å². The fourth-order valence-corrected chi connectivity index (χ4v) is 3.07. The first-order chi connectivity index (χ1) is 8.54. The molecule has 2 rings (SSSR count). The lowest BCUT2D eigenvalue weighted by Gasteiger charge is -2.08. The van der Waals surface area contributed by atoms with Crippen LogP contribution in [0.4, 0.5) is 5.13 Å². The first-order valence-corrected chi connectivity index (χ1v) is 7.26. The largest absolute Gasteiger partial charge is 0.375 e. The topological polar surface area (TPSA) is 43.8 Å². The van der Waals surface area contributed by atoms with E-state index in [0.717, 1.165) is 12.2 Å². The maximum atomic E-state index is 5.79. The molecule has 2 heterocycles. The Bertz CT molecular complexity index is 552. The van der Waals surface area contributed by atoms with Crippen LogP contribution in [0.5, 0.6) is 0 Å². The second kappa shape index (κ2) is 5.14. The quantitative estimate of drug-likeness (QED) is 0.908. The number of nitrogens with two attached hydrogens (primary N) is 1. The van der Waals surface area contributed by atoms with E-state index in [1.165, 1.54) is 34.7 Å². The summed E-state index contributed by atoms with van der Waals surface area (Å²) in [6.07, 6.45) is 2.43. The summed E-state index contributed by atoms with van der Waals surface area (Å²) in [7, 11) is 0. The van der Waals surface area contributed by atoms with Gasteiger partial charge in [0.2, 0.25) is 0 Å². The number of aromatic nitrogens is 2. The van der Waals surface area contributed by atoms with Crippen LogP contribution in [0.25, 0.3) is 11.3 Å². The highest BCUT2D eigenvalue weighted by Crippen LogP contribution is 2.32. The predicted molar refractivity (Wildman–Crippen MR) is 79.1 cm³/mol.